The van der Waals surface area contributed by atoms with Crippen LogP contribution in [0, 0.1) is 29.1 Å². The molecule has 0 radical (unpaired) electrons. The van der Waals surface area contributed by atoms with E-state index in [4.69, 9.17) is 4.84 Å². The third-order valence-electron chi connectivity index (χ3n) is 12.2. The van der Waals surface area contributed by atoms with Gasteiger partial charge in [0.1, 0.15) is 17.9 Å². The van der Waals surface area contributed by atoms with E-state index >= 15 is 0 Å². The van der Waals surface area contributed by atoms with Crippen molar-refractivity contribution in [3.05, 3.63) is 101 Å². The van der Waals surface area contributed by atoms with Crippen LogP contribution in [0.2, 0.25) is 0 Å². The van der Waals surface area contributed by atoms with Crippen LogP contribution in [-0.2, 0) is 29.3 Å². The van der Waals surface area contributed by atoms with E-state index in [1.54, 1.807) is 18.1 Å². The van der Waals surface area contributed by atoms with E-state index in [9.17, 15) is 20.1 Å². The molecule has 3 aliphatic carbocycles. The number of hydroxylamine groups is 2. The quantitative estimate of drug-likeness (QED) is 0.178. The number of aliphatic hydroxyl groups is 2. The number of phenolic OH excluding ortho intramolecular Hbond substituents is 1. The molecule has 3 aromatic carbocycles. The molecule has 276 valence electrons. The monoisotopic (exact) mass is 698 g/mol. The summed E-state index contributed by atoms with van der Waals surface area (Å²) in [4.78, 5) is 25.1. The number of benzene rings is 3. The second-order valence-electron chi connectivity index (χ2n) is 16.3. The molecular weight excluding hydrogens is 640 g/mol. The van der Waals surface area contributed by atoms with Crippen LogP contribution in [0.5, 0.6) is 5.75 Å². The Morgan fingerprint density at radius 1 is 0.980 bits per heavy atom. The summed E-state index contributed by atoms with van der Waals surface area (Å²) in [6.45, 7) is 10.8. The van der Waals surface area contributed by atoms with Gasteiger partial charge in [-0.2, -0.15) is 5.06 Å². The smallest absolute Gasteiger partial charge is 0.240 e. The Labute approximate surface area is 304 Å². The Hall–Kier alpha value is -3.31. The highest BCUT2D eigenvalue weighted by Crippen LogP contribution is 2.61. The molecule has 7 rings (SSSR count). The zero-order valence-corrected chi connectivity index (χ0v) is 31.2. The maximum Gasteiger partial charge on any atom is 0.240 e. The molecule has 3 saturated carbocycles. The van der Waals surface area contributed by atoms with Crippen LogP contribution in [0.1, 0.15) is 68.8 Å². The number of carbonyl (C=O) groups is 1. The summed E-state index contributed by atoms with van der Waals surface area (Å²) in [7, 11) is 4.18. The van der Waals surface area contributed by atoms with Gasteiger partial charge in [0.05, 0.1) is 19.3 Å². The van der Waals surface area contributed by atoms with Gasteiger partial charge < -0.3 is 25.5 Å². The molecule has 4 N–H and O–H groups in total. The topological polar surface area (TPSA) is 109 Å². The van der Waals surface area contributed by atoms with Gasteiger partial charge in [-0.05, 0) is 91.4 Å². The summed E-state index contributed by atoms with van der Waals surface area (Å²) in [5.41, 5.74) is 4.64. The van der Waals surface area contributed by atoms with Crippen molar-refractivity contribution in [3.63, 3.8) is 0 Å². The third-order valence-corrected chi connectivity index (χ3v) is 12.2. The van der Waals surface area contributed by atoms with Crippen molar-refractivity contribution in [2.75, 3.05) is 27.2 Å². The number of hydrogen-bond donors (Lipinski definition) is 4. The third kappa shape index (κ3) is 8.19. The molecule has 3 aromatic rings. The zero-order chi connectivity index (χ0) is 36.4. The average molecular weight is 699 g/mol. The predicted molar refractivity (Wildman–Crippen MR) is 199 cm³/mol. The number of likely N-dealkylation sites (N-methyl/N-ethyl adjacent to an activating group) is 1. The van der Waals surface area contributed by atoms with Crippen LogP contribution < -0.4 is 5.32 Å². The fourth-order valence-corrected chi connectivity index (χ4v) is 9.34. The van der Waals surface area contributed by atoms with Gasteiger partial charge in [0, 0.05) is 37.6 Å². The standard InChI is InChI=1S/C42H58N4O5/c1-27-35-20-33(42(35,3)4)21-36(27)43-41(50)40-39(28(2)48)38(26-47)51-46(40)24-30-13-10-12-29(18-30)22-45(23-31-14-11-17-34(49)19-31)37(25-44(5)6)32-15-8-7-9-16-32/h7-19,27-28,33,35-40,47-49H,20-26H2,1-6H3,(H,43,50)/t27-,28-,33+,35-,36-,37+,38-,39+,40-/m0/s1. The van der Waals surface area contributed by atoms with Gasteiger partial charge >= 0.3 is 0 Å². The Bertz CT molecular complexity index is 1620. The van der Waals surface area contributed by atoms with Crippen molar-refractivity contribution in [1.29, 1.82) is 0 Å². The van der Waals surface area contributed by atoms with Crippen molar-refractivity contribution in [2.45, 2.75) is 90.5 Å². The van der Waals surface area contributed by atoms with Gasteiger partial charge in [-0.15, -0.1) is 0 Å². The molecule has 1 amide bonds. The number of fused-ring (bicyclic) bond motifs is 2. The number of phenols is 1. The van der Waals surface area contributed by atoms with E-state index in [1.807, 2.05) is 36.4 Å². The van der Waals surface area contributed by atoms with Crippen LogP contribution >= 0.6 is 0 Å². The molecule has 9 atom stereocenters. The van der Waals surface area contributed by atoms with Crippen molar-refractivity contribution in [3.8, 4) is 5.75 Å². The van der Waals surface area contributed by atoms with Gasteiger partial charge in [-0.25, -0.2) is 0 Å². The van der Waals surface area contributed by atoms with Gasteiger partial charge in [0.25, 0.3) is 0 Å². The van der Waals surface area contributed by atoms with Gasteiger partial charge in [-0.3, -0.25) is 14.5 Å². The number of carbonyl (C=O) groups excluding carboxylic acids is 1. The summed E-state index contributed by atoms with van der Waals surface area (Å²) in [6, 6.07) is 25.8. The molecule has 9 heteroatoms. The molecule has 4 fully saturated rings. The van der Waals surface area contributed by atoms with Crippen LogP contribution in [0.15, 0.2) is 78.9 Å². The molecule has 1 saturated heterocycles. The fourth-order valence-electron chi connectivity index (χ4n) is 9.34. The molecule has 2 bridgehead atoms. The average Bonchev–Trinajstić information content (AvgIpc) is 3.46. The van der Waals surface area contributed by atoms with E-state index in [0.29, 0.717) is 42.8 Å². The van der Waals surface area contributed by atoms with E-state index in [2.05, 4.69) is 86.4 Å². The minimum Gasteiger partial charge on any atom is -0.508 e. The van der Waals surface area contributed by atoms with Crippen molar-refractivity contribution >= 4 is 5.91 Å². The fraction of sp³-hybridized carbons (Fsp3) is 0.548. The predicted octanol–water partition coefficient (Wildman–Crippen LogP) is 5.36. The van der Waals surface area contributed by atoms with E-state index < -0.39 is 24.2 Å². The molecule has 1 heterocycles. The second-order valence-corrected chi connectivity index (χ2v) is 16.3. The zero-order valence-electron chi connectivity index (χ0n) is 31.2. The summed E-state index contributed by atoms with van der Waals surface area (Å²) < 4.78 is 0. The SMILES string of the molecule is C[C@@H]1[C@@H](NC(=O)[C@@H]2[C@H]([C@H](C)O)[C@H](CO)ON2Cc2cccc(CN(Cc3cccc(O)c3)[C@H](CN(C)C)c3ccccc3)c2)C[C@H]2C[C@@H]1C2(C)C. The summed E-state index contributed by atoms with van der Waals surface area (Å²) in [5, 5.41) is 36.5. The lowest BCUT2D eigenvalue weighted by atomic mass is 9.45. The minimum atomic E-state index is -0.844. The Morgan fingerprint density at radius 3 is 2.25 bits per heavy atom. The van der Waals surface area contributed by atoms with Gasteiger partial charge in [-0.1, -0.05) is 87.5 Å². The van der Waals surface area contributed by atoms with Crippen molar-refractivity contribution in [2.24, 2.45) is 29.1 Å². The maximum absolute atomic E-state index is 14.2. The summed E-state index contributed by atoms with van der Waals surface area (Å²) in [5.74, 6) is 1.10. The Morgan fingerprint density at radius 2 is 1.65 bits per heavy atom. The lowest BCUT2D eigenvalue weighted by Gasteiger charge is -2.62. The van der Waals surface area contributed by atoms with Crippen LogP contribution in [-0.4, -0.2) is 87.6 Å². The Balaban J connectivity index is 1.24. The van der Waals surface area contributed by atoms with Crippen LogP contribution in [0.3, 0.4) is 0 Å². The van der Waals surface area contributed by atoms with Crippen LogP contribution in [0.25, 0.3) is 0 Å². The van der Waals surface area contributed by atoms with E-state index in [1.165, 1.54) is 12.0 Å². The highest BCUT2D eigenvalue weighted by atomic mass is 16.7. The normalized spacial score (nSPS) is 28.4. The molecule has 0 spiro atoms. The number of hydrogen-bond acceptors (Lipinski definition) is 8. The number of rotatable bonds is 14. The van der Waals surface area contributed by atoms with Crippen molar-refractivity contribution in [1.82, 2.24) is 20.2 Å². The largest absolute Gasteiger partial charge is 0.508 e. The first-order valence-corrected chi connectivity index (χ1v) is 18.7. The molecule has 51 heavy (non-hydrogen) atoms. The summed E-state index contributed by atoms with van der Waals surface area (Å²) in [6.07, 6.45) is 0.662. The van der Waals surface area contributed by atoms with E-state index in [-0.39, 0.29) is 30.3 Å². The molecule has 0 unspecified atom stereocenters. The Kier molecular flexibility index (Phi) is 11.6. The van der Waals surface area contributed by atoms with Gasteiger partial charge in [0.15, 0.2) is 0 Å². The highest BCUT2D eigenvalue weighted by Gasteiger charge is 2.57. The summed E-state index contributed by atoms with van der Waals surface area (Å²) >= 11 is 0. The minimum absolute atomic E-state index is 0.0816. The lowest BCUT2D eigenvalue weighted by Crippen LogP contribution is -2.62. The van der Waals surface area contributed by atoms with E-state index in [0.717, 1.165) is 29.7 Å². The maximum atomic E-state index is 14.2. The number of nitrogens with zero attached hydrogens (tertiary/aromatic N) is 3. The van der Waals surface area contributed by atoms with Crippen LogP contribution in [0.4, 0.5) is 0 Å². The number of nitrogens with one attached hydrogen (secondary N) is 1. The second kappa shape index (κ2) is 15.7. The number of aliphatic hydroxyl groups excluding tert-OH is 2. The number of aromatic hydroxyl groups is 1. The molecule has 0 aromatic heterocycles. The van der Waals surface area contributed by atoms with Gasteiger partial charge in [0.2, 0.25) is 5.91 Å². The highest BCUT2D eigenvalue weighted by molar-refractivity contribution is 5.82. The first-order valence-electron chi connectivity index (χ1n) is 18.7. The first-order chi connectivity index (χ1) is 24.3. The first kappa shape index (κ1) is 37.4. The molecule has 4 aliphatic rings. The molecule has 9 nitrogen and oxygen atoms in total. The molecule has 1 aliphatic heterocycles. The number of amides is 1. The molecular formula is C42H58N4O5. The lowest BCUT2D eigenvalue weighted by molar-refractivity contribution is -0.183. The van der Waals surface area contributed by atoms with Crippen molar-refractivity contribution < 1.29 is 25.0 Å².